The van der Waals surface area contributed by atoms with Gasteiger partial charge in [-0.15, -0.1) is 0 Å². The number of nitrogens with two attached hydrogens (primary N) is 2. The molecule has 0 spiro atoms. The van der Waals surface area contributed by atoms with E-state index in [1.165, 1.54) is 0 Å². The summed E-state index contributed by atoms with van der Waals surface area (Å²) in [6, 6.07) is 0.324. The first-order chi connectivity index (χ1) is 10.00. The molecule has 0 aromatic carbocycles. The maximum Gasteiger partial charge on any atom is 0.0728 e. The van der Waals surface area contributed by atoms with E-state index in [2.05, 4.69) is 23.6 Å². The van der Waals surface area contributed by atoms with E-state index in [9.17, 15) is 5.11 Å². The zero-order chi connectivity index (χ0) is 18.1. The zero-order valence-corrected chi connectivity index (χ0v) is 15.9. The standard InChI is InChI=1S/C13H31N3O.C3H9NO/c1-8-11(15(4)5)13(14,10(3)17)12(9-2)16(6)7;1-3(5)2-4/h10-12,17H,8-9,14H2,1-7H3;3,5H,2,4H2,1H3. The first-order valence-electron chi connectivity index (χ1n) is 8.18. The average molecular weight is 321 g/mol. The molecule has 0 bridgehead atoms. The predicted octanol–water partition coefficient (Wildman–Crippen LogP) is 0.0710. The highest BCUT2D eigenvalue weighted by atomic mass is 16.3. The van der Waals surface area contributed by atoms with Crippen molar-refractivity contribution in [2.75, 3.05) is 34.7 Å². The Hall–Kier alpha value is -0.240. The quantitative estimate of drug-likeness (QED) is 0.505. The van der Waals surface area contributed by atoms with Crippen LogP contribution in [-0.2, 0) is 0 Å². The van der Waals surface area contributed by atoms with Gasteiger partial charge in [0.2, 0.25) is 0 Å². The van der Waals surface area contributed by atoms with Gasteiger partial charge in [0.1, 0.15) is 0 Å². The van der Waals surface area contributed by atoms with Crippen molar-refractivity contribution in [3.63, 3.8) is 0 Å². The Bertz CT molecular complexity index is 255. The molecule has 4 atom stereocenters. The van der Waals surface area contributed by atoms with Crippen molar-refractivity contribution in [1.29, 1.82) is 0 Å². The molecule has 0 heterocycles. The van der Waals surface area contributed by atoms with Crippen molar-refractivity contribution in [2.24, 2.45) is 11.5 Å². The lowest BCUT2D eigenvalue weighted by atomic mass is 9.75. The maximum atomic E-state index is 10.2. The predicted molar refractivity (Wildman–Crippen MR) is 94.9 cm³/mol. The molecule has 0 fully saturated rings. The van der Waals surface area contributed by atoms with Gasteiger partial charge in [0, 0.05) is 18.6 Å². The maximum absolute atomic E-state index is 10.2. The van der Waals surface area contributed by atoms with E-state index in [0.29, 0.717) is 6.54 Å². The van der Waals surface area contributed by atoms with E-state index < -0.39 is 11.6 Å². The number of aliphatic hydroxyl groups excluding tert-OH is 2. The van der Waals surface area contributed by atoms with Crippen molar-refractivity contribution < 1.29 is 10.2 Å². The Kier molecular flexibility index (Phi) is 12.4. The number of aliphatic hydroxyl groups is 2. The van der Waals surface area contributed by atoms with Crippen LogP contribution in [-0.4, -0.2) is 84.6 Å². The highest BCUT2D eigenvalue weighted by molar-refractivity contribution is 5.07. The van der Waals surface area contributed by atoms with Crippen molar-refractivity contribution in [1.82, 2.24) is 9.80 Å². The van der Waals surface area contributed by atoms with Gasteiger partial charge in [0.15, 0.2) is 0 Å². The van der Waals surface area contributed by atoms with Crippen LogP contribution in [0.25, 0.3) is 0 Å². The van der Waals surface area contributed by atoms with Gasteiger partial charge in [-0.2, -0.15) is 0 Å². The summed E-state index contributed by atoms with van der Waals surface area (Å²) in [6.45, 7) is 8.06. The molecule has 4 unspecified atom stereocenters. The number of nitrogens with zero attached hydrogens (tertiary/aromatic N) is 2. The molecule has 0 aromatic heterocycles. The minimum absolute atomic E-state index is 0.162. The van der Waals surface area contributed by atoms with E-state index in [0.717, 1.165) is 12.8 Å². The summed E-state index contributed by atoms with van der Waals surface area (Å²) in [4.78, 5) is 4.25. The molecule has 0 aromatic rings. The fourth-order valence-corrected chi connectivity index (χ4v) is 3.11. The summed E-state index contributed by atoms with van der Waals surface area (Å²) in [7, 11) is 8.11. The Morgan fingerprint density at radius 2 is 1.18 bits per heavy atom. The summed E-state index contributed by atoms with van der Waals surface area (Å²) >= 11 is 0. The van der Waals surface area contributed by atoms with Gasteiger partial charge in [0.05, 0.1) is 17.7 Å². The van der Waals surface area contributed by atoms with Gasteiger partial charge in [-0.3, -0.25) is 0 Å². The third kappa shape index (κ3) is 6.89. The van der Waals surface area contributed by atoms with Gasteiger partial charge in [-0.25, -0.2) is 0 Å². The number of hydrogen-bond acceptors (Lipinski definition) is 6. The minimum atomic E-state index is -0.615. The van der Waals surface area contributed by atoms with Crippen LogP contribution in [0, 0.1) is 0 Å². The third-order valence-electron chi connectivity index (χ3n) is 4.24. The smallest absolute Gasteiger partial charge is 0.0728 e. The summed E-state index contributed by atoms with van der Waals surface area (Å²) < 4.78 is 0. The third-order valence-corrected chi connectivity index (χ3v) is 4.24. The Labute approximate surface area is 137 Å². The van der Waals surface area contributed by atoms with E-state index >= 15 is 0 Å². The molecule has 22 heavy (non-hydrogen) atoms. The second kappa shape index (κ2) is 11.3. The Morgan fingerprint density at radius 3 is 1.27 bits per heavy atom. The Morgan fingerprint density at radius 1 is 0.909 bits per heavy atom. The van der Waals surface area contributed by atoms with E-state index in [1.54, 1.807) is 13.8 Å². The topological polar surface area (TPSA) is 99.0 Å². The number of hydrogen-bond donors (Lipinski definition) is 4. The van der Waals surface area contributed by atoms with Crippen molar-refractivity contribution >= 4 is 0 Å². The monoisotopic (exact) mass is 320 g/mol. The lowest BCUT2D eigenvalue weighted by Crippen LogP contribution is -2.71. The minimum Gasteiger partial charge on any atom is -0.392 e. The van der Waals surface area contributed by atoms with E-state index in [1.807, 2.05) is 28.2 Å². The van der Waals surface area contributed by atoms with Gasteiger partial charge in [0.25, 0.3) is 0 Å². The molecular formula is C16H40N4O2. The molecular weight excluding hydrogens is 280 g/mol. The molecule has 0 amide bonds. The van der Waals surface area contributed by atoms with E-state index in [4.69, 9.17) is 16.6 Å². The first-order valence-corrected chi connectivity index (χ1v) is 8.18. The SMILES string of the molecule is CC(O)CN.CCC(N(C)C)C(N)(C(C)O)C(CC)N(C)C. The van der Waals surface area contributed by atoms with Gasteiger partial charge < -0.3 is 31.5 Å². The highest BCUT2D eigenvalue weighted by Gasteiger charge is 2.46. The number of rotatable bonds is 8. The molecule has 0 aliphatic carbocycles. The molecule has 0 radical (unpaired) electrons. The molecule has 0 aliphatic rings. The lowest BCUT2D eigenvalue weighted by Gasteiger charge is -2.50. The van der Waals surface area contributed by atoms with Gasteiger partial charge in [-0.1, -0.05) is 13.8 Å². The summed E-state index contributed by atoms with van der Waals surface area (Å²) in [5.41, 5.74) is 10.9. The highest BCUT2D eigenvalue weighted by Crippen LogP contribution is 2.27. The van der Waals surface area contributed by atoms with Gasteiger partial charge in [-0.05, 0) is 54.9 Å². The van der Waals surface area contributed by atoms with Crippen LogP contribution in [0.3, 0.4) is 0 Å². The fourth-order valence-electron chi connectivity index (χ4n) is 3.11. The van der Waals surface area contributed by atoms with Crippen LogP contribution in [0.15, 0.2) is 0 Å². The van der Waals surface area contributed by atoms with Crippen molar-refractivity contribution in [3.8, 4) is 0 Å². The molecule has 0 rings (SSSR count). The normalized spacial score (nSPS) is 19.9. The van der Waals surface area contributed by atoms with Crippen molar-refractivity contribution in [2.45, 2.75) is 70.4 Å². The van der Waals surface area contributed by atoms with Crippen LogP contribution in [0.4, 0.5) is 0 Å². The zero-order valence-electron chi connectivity index (χ0n) is 15.9. The molecule has 136 valence electrons. The second-order valence-electron chi connectivity index (χ2n) is 6.54. The lowest BCUT2D eigenvalue weighted by molar-refractivity contribution is -0.0130. The van der Waals surface area contributed by atoms with Crippen LogP contribution in [0.5, 0.6) is 0 Å². The second-order valence-corrected chi connectivity index (χ2v) is 6.54. The molecule has 6 nitrogen and oxygen atoms in total. The molecule has 6 heteroatoms. The van der Waals surface area contributed by atoms with Crippen molar-refractivity contribution in [3.05, 3.63) is 0 Å². The molecule has 0 saturated heterocycles. The van der Waals surface area contributed by atoms with Crippen LogP contribution in [0.2, 0.25) is 0 Å². The molecule has 6 N–H and O–H groups in total. The average Bonchev–Trinajstić information content (AvgIpc) is 2.39. The Balaban J connectivity index is 0. The summed E-state index contributed by atoms with van der Waals surface area (Å²) in [5, 5.41) is 18.4. The largest absolute Gasteiger partial charge is 0.392 e. The summed E-state index contributed by atoms with van der Waals surface area (Å²) in [6.07, 6.45) is 0.981. The summed E-state index contributed by atoms with van der Waals surface area (Å²) in [5.74, 6) is 0. The van der Waals surface area contributed by atoms with E-state index in [-0.39, 0.29) is 18.2 Å². The van der Waals surface area contributed by atoms with Crippen LogP contribution < -0.4 is 11.5 Å². The molecule has 0 saturated carbocycles. The first kappa shape index (κ1) is 24.0. The molecule has 0 aliphatic heterocycles. The fraction of sp³-hybridized carbons (Fsp3) is 1.00. The van der Waals surface area contributed by atoms with Crippen LogP contribution in [0.1, 0.15) is 40.5 Å². The van der Waals surface area contributed by atoms with Gasteiger partial charge >= 0.3 is 0 Å². The van der Waals surface area contributed by atoms with Crippen LogP contribution >= 0.6 is 0 Å². The number of likely N-dealkylation sites (N-methyl/N-ethyl adjacent to an activating group) is 2.